The number of carboxylic acid groups (broad SMARTS) is 1. The van der Waals surface area contributed by atoms with Crippen molar-refractivity contribution in [3.8, 4) is 11.5 Å². The maximum atomic E-state index is 13.4. The van der Waals surface area contributed by atoms with Crippen LogP contribution in [0.15, 0.2) is 18.2 Å². The van der Waals surface area contributed by atoms with Gasteiger partial charge in [-0.05, 0) is 18.2 Å². The Bertz CT molecular complexity index is 758. The lowest BCUT2D eigenvalue weighted by atomic mass is 10.0. The van der Waals surface area contributed by atoms with E-state index in [1.165, 1.54) is 0 Å². The molecule has 1 rings (SSSR count). The van der Waals surface area contributed by atoms with Crippen LogP contribution in [-0.2, 0) is 4.79 Å². The first-order chi connectivity index (χ1) is 12.4. The molecule has 0 saturated carbocycles. The highest BCUT2D eigenvalue weighted by Crippen LogP contribution is 2.53. The number of esters is 1. The molecule has 14 heteroatoms. The van der Waals surface area contributed by atoms with Gasteiger partial charge in [0.25, 0.3) is 0 Å². The molecular weight excluding hydrogens is 419 g/mol. The van der Waals surface area contributed by atoms with Gasteiger partial charge >= 0.3 is 29.9 Å². The number of aromatic carboxylic acids is 1. The van der Waals surface area contributed by atoms with Crippen molar-refractivity contribution in [3.05, 3.63) is 23.8 Å². The van der Waals surface area contributed by atoms with Gasteiger partial charge in [-0.1, -0.05) is 0 Å². The smallest absolute Gasteiger partial charge is 0.460 e. The molecule has 0 bridgehead atoms. The summed E-state index contributed by atoms with van der Waals surface area (Å²) in [5.41, 5.74) is -0.677. The predicted octanol–water partition coefficient (Wildman–Crippen LogP) is 2.82. The number of hydrogen-bond acceptors (Lipinski definition) is 5. The van der Waals surface area contributed by atoms with E-state index in [0.717, 1.165) is 6.92 Å². The molecule has 158 valence electrons. The molecule has 28 heavy (non-hydrogen) atoms. The molecule has 0 aliphatic heterocycles. The first-order valence-electron chi connectivity index (χ1n) is 6.81. The summed E-state index contributed by atoms with van der Waals surface area (Å²) < 4.78 is 123. The molecule has 0 aliphatic carbocycles. The van der Waals surface area contributed by atoms with Gasteiger partial charge in [-0.2, -0.15) is 39.5 Å². The van der Waals surface area contributed by atoms with Crippen LogP contribution in [0, 0.1) is 0 Å². The fourth-order valence-corrected chi connectivity index (χ4v) is 1.66. The lowest BCUT2D eigenvalue weighted by molar-refractivity contribution is -0.398. The van der Waals surface area contributed by atoms with Crippen LogP contribution in [0.3, 0.4) is 0 Å². The third-order valence-electron chi connectivity index (χ3n) is 3.05. The third kappa shape index (κ3) is 4.42. The molecule has 0 spiro atoms. The van der Waals surface area contributed by atoms with Gasteiger partial charge in [0.15, 0.2) is 18.1 Å². The molecular formula is C14H8F9O5-. The number of carboxylic acids is 1. The fraction of sp³-hybridized carbons (Fsp3) is 0.429. The summed E-state index contributed by atoms with van der Waals surface area (Å²) in [7, 11) is 0. The zero-order valence-electron chi connectivity index (χ0n) is 13.4. The Balaban J connectivity index is 3.19. The highest BCUT2D eigenvalue weighted by atomic mass is 19.4. The second-order valence-electron chi connectivity index (χ2n) is 5.18. The van der Waals surface area contributed by atoms with Gasteiger partial charge in [0.1, 0.15) is 0 Å². The van der Waals surface area contributed by atoms with E-state index in [2.05, 4.69) is 9.47 Å². The third-order valence-corrected chi connectivity index (χ3v) is 3.05. The molecule has 0 aromatic heterocycles. The van der Waals surface area contributed by atoms with Crippen molar-refractivity contribution in [2.45, 2.75) is 30.9 Å². The topological polar surface area (TPSA) is 75.7 Å². The first-order valence-corrected chi connectivity index (χ1v) is 6.81. The van der Waals surface area contributed by atoms with E-state index in [4.69, 9.17) is 0 Å². The van der Waals surface area contributed by atoms with Crippen molar-refractivity contribution in [2.24, 2.45) is 0 Å². The van der Waals surface area contributed by atoms with E-state index in [-0.39, 0.29) is 0 Å². The number of ether oxygens (including phenoxy) is 2. The van der Waals surface area contributed by atoms with E-state index in [1.54, 1.807) is 0 Å². The minimum atomic E-state index is -7.09. The Kier molecular flexibility index (Phi) is 6.17. The van der Waals surface area contributed by atoms with Crippen molar-refractivity contribution in [1.82, 2.24) is 0 Å². The molecule has 0 N–H and O–H groups in total. The molecule has 0 heterocycles. The van der Waals surface area contributed by atoms with Gasteiger partial charge < -0.3 is 19.4 Å². The van der Waals surface area contributed by atoms with E-state index in [0.29, 0.717) is 18.2 Å². The Morgan fingerprint density at radius 3 is 1.89 bits per heavy atom. The van der Waals surface area contributed by atoms with Crippen molar-refractivity contribution < 1.29 is 63.7 Å². The molecule has 0 atom stereocenters. The number of hydrogen-bond donors (Lipinski definition) is 0. The van der Waals surface area contributed by atoms with E-state index < -0.39 is 59.6 Å². The maximum absolute atomic E-state index is 13.4. The van der Waals surface area contributed by atoms with Gasteiger partial charge in [0.05, 0.1) is 5.97 Å². The van der Waals surface area contributed by atoms with Crippen molar-refractivity contribution >= 4 is 11.9 Å². The van der Waals surface area contributed by atoms with Crippen molar-refractivity contribution in [3.63, 3.8) is 0 Å². The lowest BCUT2D eigenvalue weighted by Crippen LogP contribution is -2.62. The number of carbonyl (C=O) groups is 2. The summed E-state index contributed by atoms with van der Waals surface area (Å²) in [6.07, 6.45) is -6.99. The summed E-state index contributed by atoms with van der Waals surface area (Å²) in [4.78, 5) is 21.6. The average Bonchev–Trinajstić information content (AvgIpc) is 2.51. The number of halogens is 9. The molecule has 0 saturated heterocycles. The van der Waals surface area contributed by atoms with Gasteiger partial charge in [-0.3, -0.25) is 4.79 Å². The number of benzene rings is 1. The summed E-state index contributed by atoms with van der Waals surface area (Å²) in [5.74, 6) is -24.9. The van der Waals surface area contributed by atoms with Crippen molar-refractivity contribution in [2.75, 3.05) is 6.61 Å². The SMILES string of the molecule is CC(=O)Oc1cc(C(=O)[O-])ccc1OCC(F)(F)C(F)(F)C(F)(F)C(F)(F)F. The molecule has 0 aliphatic rings. The number of alkyl halides is 9. The van der Waals surface area contributed by atoms with Crippen molar-refractivity contribution in [1.29, 1.82) is 0 Å². The Hall–Kier alpha value is -2.67. The second kappa shape index (κ2) is 7.39. The highest BCUT2D eigenvalue weighted by molar-refractivity contribution is 5.87. The zero-order valence-corrected chi connectivity index (χ0v) is 13.4. The molecule has 5 nitrogen and oxygen atoms in total. The summed E-state index contributed by atoms with van der Waals surface area (Å²) in [5, 5.41) is 10.7. The number of rotatable bonds is 7. The van der Waals surface area contributed by atoms with E-state index in [1.807, 2.05) is 0 Å². The predicted molar refractivity (Wildman–Crippen MR) is 68.5 cm³/mol. The molecule has 0 amide bonds. The number of carbonyl (C=O) groups excluding carboxylic acids is 2. The van der Waals surface area contributed by atoms with Crippen LogP contribution in [0.2, 0.25) is 0 Å². The summed E-state index contributed by atoms with van der Waals surface area (Å²) in [6, 6.07) is 1.63. The van der Waals surface area contributed by atoms with E-state index >= 15 is 0 Å². The van der Waals surface area contributed by atoms with Crippen LogP contribution >= 0.6 is 0 Å². The maximum Gasteiger partial charge on any atom is 0.460 e. The van der Waals surface area contributed by atoms with Gasteiger partial charge in [0.2, 0.25) is 0 Å². The van der Waals surface area contributed by atoms with E-state index in [9.17, 15) is 54.2 Å². The fourth-order valence-electron chi connectivity index (χ4n) is 1.66. The zero-order chi connectivity index (χ0) is 22.1. The summed E-state index contributed by atoms with van der Waals surface area (Å²) in [6.45, 7) is -1.92. The molecule has 1 aromatic rings. The van der Waals surface area contributed by atoms with Gasteiger partial charge in [-0.25, -0.2) is 0 Å². The Labute approximate surface area is 149 Å². The molecule has 0 unspecified atom stereocenters. The highest BCUT2D eigenvalue weighted by Gasteiger charge is 2.81. The minimum Gasteiger partial charge on any atom is -0.545 e. The standard InChI is InChI=1S/C14H9F9O5/c1-6(24)28-9-4-7(10(25)26)2-3-8(9)27-5-11(15,16)12(17,18)13(19,20)14(21,22)23/h2-4H,5H2,1H3,(H,25,26)/p-1. The second-order valence-corrected chi connectivity index (χ2v) is 5.18. The molecule has 0 fully saturated rings. The lowest BCUT2D eigenvalue weighted by Gasteiger charge is -2.33. The van der Waals surface area contributed by atoms with Crippen LogP contribution in [0.5, 0.6) is 11.5 Å². The minimum absolute atomic E-state index is 0.493. The Morgan fingerprint density at radius 2 is 1.46 bits per heavy atom. The quantitative estimate of drug-likeness (QED) is 0.380. The van der Waals surface area contributed by atoms with Gasteiger partial charge in [-0.15, -0.1) is 0 Å². The first kappa shape index (κ1) is 23.4. The average molecular weight is 427 g/mol. The normalized spacial score (nSPS) is 13.2. The van der Waals surface area contributed by atoms with Gasteiger partial charge in [0, 0.05) is 12.5 Å². The van der Waals surface area contributed by atoms with Crippen LogP contribution in [0.25, 0.3) is 0 Å². The summed E-state index contributed by atoms with van der Waals surface area (Å²) >= 11 is 0. The molecule has 0 radical (unpaired) electrons. The Morgan fingerprint density at radius 1 is 0.929 bits per heavy atom. The molecule has 1 aromatic carbocycles. The van der Waals surface area contributed by atoms with Crippen LogP contribution < -0.4 is 14.6 Å². The monoisotopic (exact) mass is 427 g/mol. The van der Waals surface area contributed by atoms with Crippen LogP contribution in [0.1, 0.15) is 17.3 Å². The van der Waals surface area contributed by atoms with Crippen LogP contribution in [-0.4, -0.2) is 42.5 Å². The van der Waals surface area contributed by atoms with Crippen LogP contribution in [0.4, 0.5) is 39.5 Å². The largest absolute Gasteiger partial charge is 0.545 e.